The van der Waals surface area contributed by atoms with Gasteiger partial charge in [0.1, 0.15) is 17.6 Å². The monoisotopic (exact) mass is 542 g/mol. The molecule has 0 aliphatic rings. The highest BCUT2D eigenvalue weighted by Crippen LogP contribution is 2.33. The van der Waals surface area contributed by atoms with Crippen molar-refractivity contribution >= 4 is 33.2 Å². The summed E-state index contributed by atoms with van der Waals surface area (Å²) in [6, 6.07) is 24.4. The van der Waals surface area contributed by atoms with Gasteiger partial charge in [-0.05, 0) is 53.6 Å². The molecule has 5 rings (SSSR count). The molecule has 0 saturated heterocycles. The number of rotatable bonds is 9. The maximum absolute atomic E-state index is 13.3. The van der Waals surface area contributed by atoms with Crippen LogP contribution in [0.5, 0.6) is 11.5 Å². The Bertz CT molecular complexity index is 1670. The van der Waals surface area contributed by atoms with E-state index in [1.54, 1.807) is 31.4 Å². The summed E-state index contributed by atoms with van der Waals surface area (Å²) in [4.78, 5) is 18.8. The number of ether oxygens (including phenoxy) is 2. The second kappa shape index (κ2) is 11.5. The van der Waals surface area contributed by atoms with E-state index in [1.807, 2.05) is 48.5 Å². The van der Waals surface area contributed by atoms with Crippen molar-refractivity contribution in [3.63, 3.8) is 0 Å². The molecule has 9 heteroatoms. The molecular formula is C29H23ClN4O3S. The van der Waals surface area contributed by atoms with Gasteiger partial charge < -0.3 is 14.8 Å². The summed E-state index contributed by atoms with van der Waals surface area (Å²) in [6.07, 6.45) is 1.53. The van der Waals surface area contributed by atoms with Crippen LogP contribution < -0.4 is 20.3 Å². The third-order valence-electron chi connectivity index (χ3n) is 5.94. The molecule has 0 atom stereocenters. The molecule has 2 aromatic heterocycles. The number of nitrogens with one attached hydrogen (secondary N) is 1. The summed E-state index contributed by atoms with van der Waals surface area (Å²) in [6.45, 7) is 1.73. The lowest BCUT2D eigenvalue weighted by Crippen LogP contribution is -2.21. The highest BCUT2D eigenvalue weighted by molar-refractivity contribution is 7.22. The predicted octanol–water partition coefficient (Wildman–Crippen LogP) is 5.82. The van der Waals surface area contributed by atoms with Gasteiger partial charge in [0.2, 0.25) is 0 Å². The highest BCUT2D eigenvalue weighted by atomic mass is 35.5. The van der Waals surface area contributed by atoms with E-state index in [1.165, 1.54) is 22.2 Å². The molecule has 190 valence electrons. The Labute approximate surface area is 228 Å². The molecule has 1 N–H and O–H groups in total. The number of halogens is 1. The SMILES string of the molecule is COc1cc(-n2cnc3cc(-c4ccc(Cl)cc4)sc3c2=O)ccc1OCCNCc1ccc(C#N)cc1. The van der Waals surface area contributed by atoms with Crippen molar-refractivity contribution in [3.8, 4) is 33.7 Å². The van der Waals surface area contributed by atoms with E-state index >= 15 is 0 Å². The smallest absolute Gasteiger partial charge is 0.275 e. The average Bonchev–Trinajstić information content (AvgIpc) is 3.39. The van der Waals surface area contributed by atoms with Crippen LogP contribution in [0.3, 0.4) is 0 Å². The molecule has 7 nitrogen and oxygen atoms in total. The molecule has 0 saturated carbocycles. The third kappa shape index (κ3) is 5.55. The van der Waals surface area contributed by atoms with Crippen molar-refractivity contribution in [1.82, 2.24) is 14.9 Å². The standard InChI is InChI=1S/C29H23ClN4O3S/c1-36-26-14-23(10-11-25(26)37-13-12-32-17-20-4-2-19(16-31)3-5-20)34-18-33-24-15-27(38-28(24)29(34)35)21-6-8-22(30)9-7-21/h2-11,14-15,18,32H,12-13,17H2,1H3. The van der Waals surface area contributed by atoms with Crippen LogP contribution in [-0.4, -0.2) is 29.8 Å². The third-order valence-corrected chi connectivity index (χ3v) is 7.35. The molecule has 0 aliphatic heterocycles. The quantitative estimate of drug-likeness (QED) is 0.236. The van der Waals surface area contributed by atoms with E-state index in [9.17, 15) is 4.79 Å². The van der Waals surface area contributed by atoms with E-state index < -0.39 is 0 Å². The number of nitrogens with zero attached hydrogens (tertiary/aromatic N) is 3. The zero-order valence-electron chi connectivity index (χ0n) is 20.5. The number of thiophene rings is 1. The Morgan fingerprint density at radius 2 is 1.84 bits per heavy atom. The number of hydrogen-bond donors (Lipinski definition) is 1. The minimum Gasteiger partial charge on any atom is -0.493 e. The molecule has 0 fully saturated rings. The molecule has 0 aliphatic carbocycles. The van der Waals surface area contributed by atoms with Crippen LogP contribution >= 0.6 is 22.9 Å². The van der Waals surface area contributed by atoms with Crippen molar-refractivity contribution in [2.75, 3.05) is 20.3 Å². The summed E-state index contributed by atoms with van der Waals surface area (Å²) in [5.74, 6) is 1.11. The normalized spacial score (nSPS) is 10.9. The van der Waals surface area contributed by atoms with Crippen molar-refractivity contribution in [2.45, 2.75) is 6.54 Å². The first kappa shape index (κ1) is 25.5. The van der Waals surface area contributed by atoms with Gasteiger partial charge in [-0.1, -0.05) is 35.9 Å². The van der Waals surface area contributed by atoms with Gasteiger partial charge in [-0.3, -0.25) is 9.36 Å². The van der Waals surface area contributed by atoms with Gasteiger partial charge in [-0.15, -0.1) is 11.3 Å². The summed E-state index contributed by atoms with van der Waals surface area (Å²) in [7, 11) is 1.57. The molecule has 38 heavy (non-hydrogen) atoms. The second-order valence-electron chi connectivity index (χ2n) is 8.42. The number of hydrogen-bond acceptors (Lipinski definition) is 7. The maximum Gasteiger partial charge on any atom is 0.275 e. The van der Waals surface area contributed by atoms with Crippen molar-refractivity contribution in [1.29, 1.82) is 5.26 Å². The van der Waals surface area contributed by atoms with Crippen molar-refractivity contribution in [2.24, 2.45) is 0 Å². The predicted molar refractivity (Wildman–Crippen MR) is 151 cm³/mol. The zero-order chi connectivity index (χ0) is 26.5. The molecule has 2 heterocycles. The van der Waals surface area contributed by atoms with E-state index in [0.29, 0.717) is 57.7 Å². The Morgan fingerprint density at radius 3 is 2.58 bits per heavy atom. The fraction of sp³-hybridized carbons (Fsp3) is 0.138. The van der Waals surface area contributed by atoms with Gasteiger partial charge in [-0.2, -0.15) is 5.26 Å². The Morgan fingerprint density at radius 1 is 1.05 bits per heavy atom. The molecular weight excluding hydrogens is 520 g/mol. The fourth-order valence-corrected chi connectivity index (χ4v) is 5.11. The van der Waals surface area contributed by atoms with Crippen LogP contribution in [0.15, 0.2) is 83.9 Å². The Hall–Kier alpha value is -4.16. The number of fused-ring (bicyclic) bond motifs is 1. The highest BCUT2D eigenvalue weighted by Gasteiger charge is 2.13. The minimum absolute atomic E-state index is 0.150. The molecule has 0 amide bonds. The molecule has 0 spiro atoms. The summed E-state index contributed by atoms with van der Waals surface area (Å²) in [5, 5.41) is 12.9. The van der Waals surface area contributed by atoms with Crippen LogP contribution in [0.25, 0.3) is 26.3 Å². The lowest BCUT2D eigenvalue weighted by molar-refractivity contribution is 0.292. The lowest BCUT2D eigenvalue weighted by Gasteiger charge is -2.13. The number of methoxy groups -OCH3 is 1. The minimum atomic E-state index is -0.150. The van der Waals surface area contributed by atoms with Crippen LogP contribution in [0.1, 0.15) is 11.1 Å². The van der Waals surface area contributed by atoms with Gasteiger partial charge in [0.05, 0.1) is 29.9 Å². The second-order valence-corrected chi connectivity index (χ2v) is 9.91. The van der Waals surface area contributed by atoms with Crippen LogP contribution in [0, 0.1) is 11.3 Å². The van der Waals surface area contributed by atoms with E-state index in [4.69, 9.17) is 26.3 Å². The molecule has 5 aromatic rings. The molecule has 0 bridgehead atoms. The van der Waals surface area contributed by atoms with Crippen molar-refractivity contribution in [3.05, 3.63) is 106 Å². The Balaban J connectivity index is 1.27. The van der Waals surface area contributed by atoms with Gasteiger partial charge in [-0.25, -0.2) is 4.98 Å². The summed E-state index contributed by atoms with van der Waals surface area (Å²) < 4.78 is 13.5. The average molecular weight is 543 g/mol. The largest absolute Gasteiger partial charge is 0.493 e. The maximum atomic E-state index is 13.3. The molecule has 0 unspecified atom stereocenters. The Kier molecular flexibility index (Phi) is 7.70. The number of nitriles is 1. The van der Waals surface area contributed by atoms with Crippen LogP contribution in [0.2, 0.25) is 5.02 Å². The van der Waals surface area contributed by atoms with Crippen molar-refractivity contribution < 1.29 is 9.47 Å². The van der Waals surface area contributed by atoms with Crippen LogP contribution in [-0.2, 0) is 6.54 Å². The van der Waals surface area contributed by atoms with Gasteiger partial charge in [0.25, 0.3) is 5.56 Å². The lowest BCUT2D eigenvalue weighted by atomic mass is 10.1. The first-order valence-corrected chi connectivity index (χ1v) is 13.0. The van der Waals surface area contributed by atoms with E-state index in [-0.39, 0.29) is 5.56 Å². The molecule has 3 aromatic carbocycles. The first-order valence-electron chi connectivity index (χ1n) is 11.8. The fourth-order valence-electron chi connectivity index (χ4n) is 3.94. The van der Waals surface area contributed by atoms with Crippen LogP contribution in [0.4, 0.5) is 0 Å². The topological polar surface area (TPSA) is 89.2 Å². The summed E-state index contributed by atoms with van der Waals surface area (Å²) in [5.41, 5.74) is 3.85. The van der Waals surface area contributed by atoms with E-state index in [0.717, 1.165) is 16.0 Å². The van der Waals surface area contributed by atoms with Gasteiger partial charge in [0.15, 0.2) is 11.5 Å². The first-order chi connectivity index (χ1) is 18.6. The summed E-state index contributed by atoms with van der Waals surface area (Å²) >= 11 is 7.41. The zero-order valence-corrected chi connectivity index (χ0v) is 22.1. The van der Waals surface area contributed by atoms with E-state index in [2.05, 4.69) is 16.4 Å². The van der Waals surface area contributed by atoms with Gasteiger partial charge >= 0.3 is 0 Å². The van der Waals surface area contributed by atoms with Gasteiger partial charge in [0, 0.05) is 29.1 Å². The molecule has 0 radical (unpaired) electrons. The number of benzene rings is 3. The number of aromatic nitrogens is 2.